The molecule has 1 amide bonds. The predicted octanol–water partition coefficient (Wildman–Crippen LogP) is 2.57. The minimum absolute atomic E-state index is 0.0324. The summed E-state index contributed by atoms with van der Waals surface area (Å²) in [6.07, 6.45) is -0.939. The van der Waals surface area contributed by atoms with Crippen LogP contribution in [0, 0.1) is 0 Å². The van der Waals surface area contributed by atoms with Crippen molar-refractivity contribution >= 4 is 5.91 Å². The van der Waals surface area contributed by atoms with Gasteiger partial charge in [-0.05, 0) is 48.9 Å². The van der Waals surface area contributed by atoms with Gasteiger partial charge in [0.25, 0.3) is 5.91 Å². The van der Waals surface area contributed by atoms with E-state index in [1.165, 1.54) is 21.3 Å². The molecule has 2 rings (SSSR count). The highest BCUT2D eigenvalue weighted by Gasteiger charge is 2.18. The van der Waals surface area contributed by atoms with E-state index in [0.29, 0.717) is 40.7 Å². The molecule has 0 aliphatic carbocycles. The molecule has 7 heteroatoms. The van der Waals surface area contributed by atoms with E-state index in [0.717, 1.165) is 0 Å². The van der Waals surface area contributed by atoms with Crippen molar-refractivity contribution in [1.82, 2.24) is 5.32 Å². The molecule has 0 saturated carbocycles. The maximum Gasteiger partial charge on any atom is 0.251 e. The molecule has 0 heterocycles. The molecule has 0 fully saturated rings. The molecule has 0 bridgehead atoms. The number of hydrogen-bond donors (Lipinski definition) is 2. The number of carbonyl (C=O) groups is 1. The minimum atomic E-state index is -0.939. The number of aliphatic hydroxyl groups is 1. The van der Waals surface area contributed by atoms with Gasteiger partial charge in [-0.15, -0.1) is 0 Å². The summed E-state index contributed by atoms with van der Waals surface area (Å²) >= 11 is 0. The van der Waals surface area contributed by atoms with Gasteiger partial charge in [0.2, 0.25) is 5.75 Å². The number of ether oxygens (including phenoxy) is 4. The van der Waals surface area contributed by atoms with E-state index in [2.05, 4.69) is 5.32 Å². The van der Waals surface area contributed by atoms with Crippen LogP contribution in [0.25, 0.3) is 0 Å². The third kappa shape index (κ3) is 5.04. The highest BCUT2D eigenvalue weighted by Crippen LogP contribution is 2.39. The molecule has 7 nitrogen and oxygen atoms in total. The molecule has 146 valence electrons. The van der Waals surface area contributed by atoms with E-state index in [1.54, 1.807) is 36.4 Å². The van der Waals surface area contributed by atoms with Gasteiger partial charge in [-0.2, -0.15) is 0 Å². The van der Waals surface area contributed by atoms with E-state index in [1.807, 2.05) is 6.92 Å². The van der Waals surface area contributed by atoms with Crippen molar-refractivity contribution in [3.05, 3.63) is 47.5 Å². The van der Waals surface area contributed by atoms with Gasteiger partial charge in [0.1, 0.15) is 5.75 Å². The lowest BCUT2D eigenvalue weighted by Gasteiger charge is -2.17. The number of hydrogen-bond acceptors (Lipinski definition) is 6. The van der Waals surface area contributed by atoms with Gasteiger partial charge in [0.05, 0.1) is 34.0 Å². The second-order valence-corrected chi connectivity index (χ2v) is 5.64. The Bertz CT molecular complexity index is 735. The van der Waals surface area contributed by atoms with Gasteiger partial charge < -0.3 is 29.4 Å². The lowest BCUT2D eigenvalue weighted by Crippen LogP contribution is -2.28. The summed E-state index contributed by atoms with van der Waals surface area (Å²) in [5.74, 6) is 1.72. The van der Waals surface area contributed by atoms with Crippen LogP contribution in [-0.4, -0.2) is 45.5 Å². The van der Waals surface area contributed by atoms with Crippen LogP contribution in [-0.2, 0) is 0 Å². The molecular weight excluding hydrogens is 350 g/mol. The van der Waals surface area contributed by atoms with Crippen LogP contribution in [0.15, 0.2) is 36.4 Å². The first kappa shape index (κ1) is 20.4. The second kappa shape index (κ2) is 9.68. The molecule has 0 aliphatic heterocycles. The Labute approximate surface area is 158 Å². The molecule has 0 saturated heterocycles. The first-order chi connectivity index (χ1) is 13.0. The van der Waals surface area contributed by atoms with Crippen molar-refractivity contribution in [1.29, 1.82) is 0 Å². The summed E-state index contributed by atoms with van der Waals surface area (Å²) < 4.78 is 21.2. The zero-order valence-electron chi connectivity index (χ0n) is 15.9. The first-order valence-corrected chi connectivity index (χ1v) is 8.53. The second-order valence-electron chi connectivity index (χ2n) is 5.64. The van der Waals surface area contributed by atoms with Gasteiger partial charge in [0.15, 0.2) is 11.5 Å². The number of rotatable bonds is 9. The summed E-state index contributed by atoms with van der Waals surface area (Å²) in [6.45, 7) is 2.49. The Morgan fingerprint density at radius 3 is 2.11 bits per heavy atom. The fraction of sp³-hybridized carbons (Fsp3) is 0.350. The zero-order chi connectivity index (χ0) is 19.8. The van der Waals surface area contributed by atoms with Gasteiger partial charge in [-0.1, -0.05) is 0 Å². The number of carbonyl (C=O) groups excluding carboxylic acids is 1. The predicted molar refractivity (Wildman–Crippen MR) is 101 cm³/mol. The molecule has 1 atom stereocenters. The molecule has 0 aliphatic rings. The molecule has 2 aromatic rings. The third-order valence-electron chi connectivity index (χ3n) is 3.96. The standard InChI is InChI=1S/C20H25NO6/c1-5-27-15-8-6-13(7-9-15)20(23)21-12-16(22)14-10-17(24-2)19(26-4)18(11-14)25-3/h6-11,16,22H,5,12H2,1-4H3,(H,21,23). The molecule has 0 radical (unpaired) electrons. The number of nitrogens with one attached hydrogen (secondary N) is 1. The average molecular weight is 375 g/mol. The Kier molecular flexibility index (Phi) is 7.31. The largest absolute Gasteiger partial charge is 0.494 e. The van der Waals surface area contributed by atoms with E-state index in [4.69, 9.17) is 18.9 Å². The van der Waals surface area contributed by atoms with Crippen molar-refractivity contribution in [3.63, 3.8) is 0 Å². The highest BCUT2D eigenvalue weighted by atomic mass is 16.5. The normalized spacial score (nSPS) is 11.4. The summed E-state index contributed by atoms with van der Waals surface area (Å²) in [4.78, 5) is 12.3. The van der Waals surface area contributed by atoms with Gasteiger partial charge >= 0.3 is 0 Å². The Morgan fingerprint density at radius 2 is 1.63 bits per heavy atom. The maximum atomic E-state index is 12.3. The lowest BCUT2D eigenvalue weighted by atomic mass is 10.1. The van der Waals surface area contributed by atoms with Crippen LogP contribution in [0.1, 0.15) is 28.9 Å². The van der Waals surface area contributed by atoms with Gasteiger partial charge in [-0.3, -0.25) is 4.79 Å². The lowest BCUT2D eigenvalue weighted by molar-refractivity contribution is 0.0916. The van der Waals surface area contributed by atoms with E-state index in [-0.39, 0.29) is 12.5 Å². The van der Waals surface area contributed by atoms with E-state index < -0.39 is 6.10 Å². The van der Waals surface area contributed by atoms with Crippen LogP contribution in [0.4, 0.5) is 0 Å². The van der Waals surface area contributed by atoms with Crippen molar-refractivity contribution in [2.45, 2.75) is 13.0 Å². The molecular formula is C20H25NO6. The van der Waals surface area contributed by atoms with Crippen LogP contribution in [0.3, 0.4) is 0 Å². The Morgan fingerprint density at radius 1 is 1.04 bits per heavy atom. The summed E-state index contributed by atoms with van der Waals surface area (Å²) in [5, 5.41) is 13.2. The first-order valence-electron chi connectivity index (χ1n) is 8.53. The van der Waals surface area contributed by atoms with E-state index >= 15 is 0 Å². The molecule has 27 heavy (non-hydrogen) atoms. The Balaban J connectivity index is 2.06. The number of amides is 1. The third-order valence-corrected chi connectivity index (χ3v) is 3.96. The van der Waals surface area contributed by atoms with Crippen molar-refractivity contribution in [2.24, 2.45) is 0 Å². The fourth-order valence-electron chi connectivity index (χ4n) is 2.57. The highest BCUT2D eigenvalue weighted by molar-refractivity contribution is 5.94. The molecule has 1 unspecified atom stereocenters. The summed E-state index contributed by atoms with van der Waals surface area (Å²) in [6, 6.07) is 10.1. The molecule has 2 aromatic carbocycles. The summed E-state index contributed by atoms with van der Waals surface area (Å²) in [5.41, 5.74) is 1.02. The SMILES string of the molecule is CCOc1ccc(C(=O)NCC(O)c2cc(OC)c(OC)c(OC)c2)cc1. The van der Waals surface area contributed by atoms with Gasteiger partial charge in [0, 0.05) is 12.1 Å². The maximum absolute atomic E-state index is 12.3. The fourth-order valence-corrected chi connectivity index (χ4v) is 2.57. The van der Waals surface area contributed by atoms with Crippen molar-refractivity contribution in [3.8, 4) is 23.0 Å². The monoisotopic (exact) mass is 375 g/mol. The van der Waals surface area contributed by atoms with E-state index in [9.17, 15) is 9.90 Å². The number of methoxy groups -OCH3 is 3. The quantitative estimate of drug-likeness (QED) is 0.701. The number of benzene rings is 2. The van der Waals surface area contributed by atoms with Crippen LogP contribution >= 0.6 is 0 Å². The average Bonchev–Trinajstić information content (AvgIpc) is 2.71. The Hall–Kier alpha value is -2.93. The number of aliphatic hydroxyl groups excluding tert-OH is 1. The smallest absolute Gasteiger partial charge is 0.251 e. The topological polar surface area (TPSA) is 86.3 Å². The molecule has 2 N–H and O–H groups in total. The van der Waals surface area contributed by atoms with Gasteiger partial charge in [-0.25, -0.2) is 0 Å². The molecule has 0 spiro atoms. The van der Waals surface area contributed by atoms with Crippen molar-refractivity contribution in [2.75, 3.05) is 34.5 Å². The van der Waals surface area contributed by atoms with Crippen LogP contribution in [0.5, 0.6) is 23.0 Å². The molecule has 0 aromatic heterocycles. The minimum Gasteiger partial charge on any atom is -0.494 e. The van der Waals surface area contributed by atoms with Crippen LogP contribution < -0.4 is 24.3 Å². The van der Waals surface area contributed by atoms with Crippen molar-refractivity contribution < 1.29 is 28.8 Å². The zero-order valence-corrected chi connectivity index (χ0v) is 15.9. The van der Waals surface area contributed by atoms with Crippen LogP contribution in [0.2, 0.25) is 0 Å². The summed E-state index contributed by atoms with van der Waals surface area (Å²) in [7, 11) is 4.51.